The molecule has 0 bridgehead atoms. The molecule has 0 saturated carbocycles. The van der Waals surface area contributed by atoms with E-state index in [0.29, 0.717) is 11.1 Å². The highest BCUT2D eigenvalue weighted by molar-refractivity contribution is 5.99. The number of nitrogens with one attached hydrogen (secondary N) is 2. The number of rotatable bonds is 3. The fourth-order valence-electron chi connectivity index (χ4n) is 1.76. The van der Waals surface area contributed by atoms with Crippen molar-refractivity contribution in [1.82, 2.24) is 10.9 Å². The van der Waals surface area contributed by atoms with Crippen molar-refractivity contribution in [2.24, 2.45) is 0 Å². The number of hydrogen-bond acceptors (Lipinski definition) is 3. The van der Waals surface area contributed by atoms with Crippen LogP contribution in [0.1, 0.15) is 20.7 Å². The SMILES string of the molecule is CN(C)c1ccc(C(=O)NNC(=O)c2ccccc2)cc1. The lowest BCUT2D eigenvalue weighted by atomic mass is 10.2. The van der Waals surface area contributed by atoms with E-state index in [1.807, 2.05) is 37.2 Å². The minimum absolute atomic E-state index is 0.353. The van der Waals surface area contributed by atoms with Gasteiger partial charge >= 0.3 is 0 Å². The van der Waals surface area contributed by atoms with E-state index in [1.165, 1.54) is 0 Å². The van der Waals surface area contributed by atoms with E-state index in [4.69, 9.17) is 0 Å². The molecule has 0 atom stereocenters. The van der Waals surface area contributed by atoms with Gasteiger partial charge in [-0.1, -0.05) is 18.2 Å². The monoisotopic (exact) mass is 283 g/mol. The van der Waals surface area contributed by atoms with Crippen LogP contribution in [0, 0.1) is 0 Å². The Morgan fingerprint density at radius 1 is 0.762 bits per heavy atom. The van der Waals surface area contributed by atoms with Crippen LogP contribution in [0.15, 0.2) is 54.6 Å². The van der Waals surface area contributed by atoms with Gasteiger partial charge < -0.3 is 4.90 Å². The largest absolute Gasteiger partial charge is 0.378 e. The van der Waals surface area contributed by atoms with E-state index in [2.05, 4.69) is 10.9 Å². The molecule has 0 aliphatic heterocycles. The van der Waals surface area contributed by atoms with Crippen LogP contribution in [0.5, 0.6) is 0 Å². The van der Waals surface area contributed by atoms with E-state index < -0.39 is 0 Å². The van der Waals surface area contributed by atoms with Gasteiger partial charge in [0.05, 0.1) is 0 Å². The molecule has 2 rings (SSSR count). The molecule has 108 valence electrons. The first-order valence-corrected chi connectivity index (χ1v) is 6.51. The Morgan fingerprint density at radius 3 is 1.71 bits per heavy atom. The third-order valence-electron chi connectivity index (χ3n) is 2.97. The van der Waals surface area contributed by atoms with E-state index in [-0.39, 0.29) is 11.8 Å². The van der Waals surface area contributed by atoms with Gasteiger partial charge in [0.2, 0.25) is 0 Å². The number of hydrogen-bond donors (Lipinski definition) is 2. The summed E-state index contributed by atoms with van der Waals surface area (Å²) in [6.45, 7) is 0. The molecule has 0 radical (unpaired) electrons. The molecule has 0 saturated heterocycles. The topological polar surface area (TPSA) is 61.4 Å². The molecule has 5 nitrogen and oxygen atoms in total. The Balaban J connectivity index is 1.94. The van der Waals surface area contributed by atoms with Crippen LogP contribution in [0.3, 0.4) is 0 Å². The maximum atomic E-state index is 11.9. The zero-order chi connectivity index (χ0) is 15.2. The number of benzene rings is 2. The van der Waals surface area contributed by atoms with Crippen molar-refractivity contribution in [1.29, 1.82) is 0 Å². The van der Waals surface area contributed by atoms with Gasteiger partial charge in [-0.05, 0) is 36.4 Å². The number of nitrogens with zero attached hydrogens (tertiary/aromatic N) is 1. The first kappa shape index (κ1) is 14.6. The van der Waals surface area contributed by atoms with E-state index in [1.54, 1.807) is 36.4 Å². The van der Waals surface area contributed by atoms with Crippen LogP contribution >= 0.6 is 0 Å². The highest BCUT2D eigenvalue weighted by atomic mass is 16.2. The van der Waals surface area contributed by atoms with Crippen LogP contribution in [0.2, 0.25) is 0 Å². The average Bonchev–Trinajstić information content (AvgIpc) is 2.53. The smallest absolute Gasteiger partial charge is 0.269 e. The molecule has 2 amide bonds. The quantitative estimate of drug-likeness (QED) is 0.845. The minimum Gasteiger partial charge on any atom is -0.378 e. The number of amides is 2. The molecule has 0 aliphatic rings. The van der Waals surface area contributed by atoms with Crippen molar-refractivity contribution in [2.75, 3.05) is 19.0 Å². The second kappa shape index (κ2) is 6.56. The Bertz CT molecular complexity index is 622. The summed E-state index contributed by atoms with van der Waals surface area (Å²) in [5.41, 5.74) is 6.75. The van der Waals surface area contributed by atoms with Crippen molar-refractivity contribution in [3.05, 3.63) is 65.7 Å². The summed E-state index contributed by atoms with van der Waals surface area (Å²) in [6.07, 6.45) is 0. The maximum absolute atomic E-state index is 11.9. The maximum Gasteiger partial charge on any atom is 0.269 e. The summed E-state index contributed by atoms with van der Waals surface area (Å²) in [6, 6.07) is 15.8. The minimum atomic E-state index is -0.357. The Kier molecular flexibility index (Phi) is 4.56. The number of carbonyl (C=O) groups excluding carboxylic acids is 2. The first-order chi connectivity index (χ1) is 10.1. The van der Waals surface area contributed by atoms with Crippen LogP contribution in [0.4, 0.5) is 5.69 Å². The highest BCUT2D eigenvalue weighted by Crippen LogP contribution is 2.11. The summed E-state index contributed by atoms with van der Waals surface area (Å²) in [4.78, 5) is 25.7. The van der Waals surface area contributed by atoms with Gasteiger partial charge in [-0.2, -0.15) is 0 Å². The van der Waals surface area contributed by atoms with Gasteiger partial charge in [0.15, 0.2) is 0 Å². The van der Waals surface area contributed by atoms with Crippen molar-refractivity contribution in [3.8, 4) is 0 Å². The van der Waals surface area contributed by atoms with Gasteiger partial charge in [0.1, 0.15) is 0 Å². The molecular formula is C16H17N3O2. The standard InChI is InChI=1S/C16H17N3O2/c1-19(2)14-10-8-13(9-11-14)16(21)18-17-15(20)12-6-4-3-5-7-12/h3-11H,1-2H3,(H,17,20)(H,18,21). The third-order valence-corrected chi connectivity index (χ3v) is 2.97. The van der Waals surface area contributed by atoms with Crippen molar-refractivity contribution < 1.29 is 9.59 Å². The van der Waals surface area contributed by atoms with Crippen molar-refractivity contribution in [3.63, 3.8) is 0 Å². The van der Waals surface area contributed by atoms with Crippen molar-refractivity contribution >= 4 is 17.5 Å². The molecule has 0 heterocycles. The third kappa shape index (κ3) is 3.82. The molecule has 21 heavy (non-hydrogen) atoms. The Hall–Kier alpha value is -2.82. The highest BCUT2D eigenvalue weighted by Gasteiger charge is 2.08. The summed E-state index contributed by atoms with van der Waals surface area (Å²) >= 11 is 0. The fraction of sp³-hybridized carbons (Fsp3) is 0.125. The molecule has 2 aromatic carbocycles. The lowest BCUT2D eigenvalue weighted by Gasteiger charge is -2.12. The summed E-state index contributed by atoms with van der Waals surface area (Å²) in [5, 5.41) is 0. The molecule has 0 aromatic heterocycles. The van der Waals surface area contributed by atoms with Crippen LogP contribution in [-0.2, 0) is 0 Å². The second-order valence-corrected chi connectivity index (χ2v) is 4.72. The van der Waals surface area contributed by atoms with Crippen LogP contribution in [-0.4, -0.2) is 25.9 Å². The van der Waals surface area contributed by atoms with E-state index >= 15 is 0 Å². The molecule has 0 unspecified atom stereocenters. The normalized spacial score (nSPS) is 9.81. The zero-order valence-electron chi connectivity index (χ0n) is 12.0. The van der Waals surface area contributed by atoms with E-state index in [0.717, 1.165) is 5.69 Å². The predicted molar refractivity (Wildman–Crippen MR) is 82.1 cm³/mol. The number of anilines is 1. The molecule has 5 heteroatoms. The zero-order valence-corrected chi connectivity index (χ0v) is 12.0. The van der Waals surface area contributed by atoms with Crippen LogP contribution in [0.25, 0.3) is 0 Å². The van der Waals surface area contributed by atoms with Gasteiger partial charge in [0, 0.05) is 30.9 Å². The molecule has 0 fully saturated rings. The van der Waals surface area contributed by atoms with Gasteiger partial charge in [-0.25, -0.2) is 0 Å². The fourth-order valence-corrected chi connectivity index (χ4v) is 1.76. The van der Waals surface area contributed by atoms with Gasteiger partial charge in [0.25, 0.3) is 11.8 Å². The molecule has 0 spiro atoms. The molecular weight excluding hydrogens is 266 g/mol. The molecule has 2 aromatic rings. The Morgan fingerprint density at radius 2 is 1.24 bits per heavy atom. The summed E-state index contributed by atoms with van der Waals surface area (Å²) in [7, 11) is 3.85. The lowest BCUT2D eigenvalue weighted by molar-refractivity contribution is 0.0846. The van der Waals surface area contributed by atoms with E-state index in [9.17, 15) is 9.59 Å². The Labute approximate surface area is 123 Å². The van der Waals surface area contributed by atoms with Crippen LogP contribution < -0.4 is 15.8 Å². The molecule has 0 aliphatic carbocycles. The average molecular weight is 283 g/mol. The molecule has 2 N–H and O–H groups in total. The van der Waals surface area contributed by atoms with Gasteiger partial charge in [-0.3, -0.25) is 20.4 Å². The predicted octanol–water partition coefficient (Wildman–Crippen LogP) is 1.83. The number of hydrazine groups is 1. The lowest BCUT2D eigenvalue weighted by Crippen LogP contribution is -2.41. The summed E-state index contributed by atoms with van der Waals surface area (Å²) < 4.78 is 0. The first-order valence-electron chi connectivity index (χ1n) is 6.51. The second-order valence-electron chi connectivity index (χ2n) is 4.72. The van der Waals surface area contributed by atoms with Crippen molar-refractivity contribution in [2.45, 2.75) is 0 Å². The number of carbonyl (C=O) groups is 2. The van der Waals surface area contributed by atoms with Gasteiger partial charge in [-0.15, -0.1) is 0 Å². The summed E-state index contributed by atoms with van der Waals surface area (Å²) in [5.74, 6) is -0.710.